The molecule has 1 aromatic heterocycles. The van der Waals surface area contributed by atoms with Crippen LogP contribution in [0.15, 0.2) is 24.4 Å². The Morgan fingerprint density at radius 1 is 1.53 bits per heavy atom. The van der Waals surface area contributed by atoms with Gasteiger partial charge in [-0.3, -0.25) is 10.1 Å². The molecular formula is C12H13BrN4O2. The van der Waals surface area contributed by atoms with Crippen LogP contribution in [-0.2, 0) is 0 Å². The third-order valence-corrected chi connectivity index (χ3v) is 3.88. The number of hydrogen-bond donors (Lipinski definition) is 0. The number of nitro benzene ring substituents is 1. The van der Waals surface area contributed by atoms with Crippen molar-refractivity contribution in [3.63, 3.8) is 0 Å². The van der Waals surface area contributed by atoms with E-state index in [0.717, 1.165) is 17.7 Å². The number of rotatable bonds is 4. The lowest BCUT2D eigenvalue weighted by Crippen LogP contribution is -2.01. The van der Waals surface area contributed by atoms with E-state index in [1.807, 2.05) is 13.8 Å². The first-order valence-electron chi connectivity index (χ1n) is 5.84. The molecule has 0 saturated carbocycles. The summed E-state index contributed by atoms with van der Waals surface area (Å²) in [4.78, 5) is 10.7. The van der Waals surface area contributed by atoms with Gasteiger partial charge in [-0.1, -0.05) is 34.1 Å². The van der Waals surface area contributed by atoms with Crippen molar-refractivity contribution >= 4 is 21.6 Å². The van der Waals surface area contributed by atoms with Crippen LogP contribution in [0.3, 0.4) is 0 Å². The summed E-state index contributed by atoms with van der Waals surface area (Å²) in [6, 6.07) is 4.92. The average molecular weight is 325 g/mol. The number of aryl methyl sites for hydroxylation is 1. The van der Waals surface area contributed by atoms with Gasteiger partial charge in [-0.25, -0.2) is 4.68 Å². The molecule has 0 bridgehead atoms. The van der Waals surface area contributed by atoms with E-state index in [2.05, 4.69) is 26.2 Å². The summed E-state index contributed by atoms with van der Waals surface area (Å²) in [6.07, 6.45) is 2.58. The number of halogens is 1. The maximum Gasteiger partial charge on any atom is 0.294 e. The van der Waals surface area contributed by atoms with E-state index in [0.29, 0.717) is 5.69 Å². The Balaban J connectivity index is 2.49. The lowest BCUT2D eigenvalue weighted by Gasteiger charge is -2.03. The molecule has 1 unspecified atom stereocenters. The normalized spacial score (nSPS) is 12.4. The van der Waals surface area contributed by atoms with Crippen LogP contribution in [0.5, 0.6) is 0 Å². The second-order valence-electron chi connectivity index (χ2n) is 4.21. The number of benzene rings is 1. The Kier molecular flexibility index (Phi) is 3.94. The molecule has 7 heteroatoms. The van der Waals surface area contributed by atoms with Crippen LogP contribution in [0.1, 0.15) is 29.4 Å². The first kappa shape index (κ1) is 13.7. The molecule has 0 aliphatic heterocycles. The molecule has 6 nitrogen and oxygen atoms in total. The van der Waals surface area contributed by atoms with Gasteiger partial charge in [-0.15, -0.1) is 5.10 Å². The standard InChI is InChI=1S/C12H13BrN4O2/c1-3-9(13)10-7-16(15-14-10)12-6-8(2)4-5-11(12)17(18)19/h4-7,9H,3H2,1-2H3. The Bertz CT molecular complexity index is 612. The second-order valence-corrected chi connectivity index (χ2v) is 5.32. The summed E-state index contributed by atoms with van der Waals surface area (Å²) in [5, 5.41) is 19.0. The molecule has 0 saturated heterocycles. The molecule has 1 heterocycles. The fourth-order valence-electron chi connectivity index (χ4n) is 1.72. The van der Waals surface area contributed by atoms with E-state index in [-0.39, 0.29) is 10.5 Å². The fourth-order valence-corrected chi connectivity index (χ4v) is 1.93. The highest BCUT2D eigenvalue weighted by atomic mass is 79.9. The Hall–Kier alpha value is -1.76. The second kappa shape index (κ2) is 5.48. The quantitative estimate of drug-likeness (QED) is 0.491. The number of alkyl halides is 1. The van der Waals surface area contributed by atoms with Gasteiger partial charge in [-0.2, -0.15) is 0 Å². The zero-order chi connectivity index (χ0) is 14.0. The van der Waals surface area contributed by atoms with E-state index < -0.39 is 4.92 Å². The molecule has 2 rings (SSSR count). The number of nitrogens with zero attached hydrogens (tertiary/aromatic N) is 4. The van der Waals surface area contributed by atoms with Gasteiger partial charge in [0.25, 0.3) is 5.69 Å². The Morgan fingerprint density at radius 2 is 2.26 bits per heavy atom. The molecular weight excluding hydrogens is 312 g/mol. The maximum absolute atomic E-state index is 11.0. The third kappa shape index (κ3) is 2.81. The summed E-state index contributed by atoms with van der Waals surface area (Å²) < 4.78 is 1.45. The van der Waals surface area contributed by atoms with Crippen LogP contribution < -0.4 is 0 Å². The summed E-state index contributed by atoms with van der Waals surface area (Å²) in [7, 11) is 0. The van der Waals surface area contributed by atoms with Gasteiger partial charge in [0.1, 0.15) is 5.69 Å². The van der Waals surface area contributed by atoms with Crippen LogP contribution in [0.4, 0.5) is 5.69 Å². The van der Waals surface area contributed by atoms with Crippen molar-refractivity contribution in [3.8, 4) is 5.69 Å². The van der Waals surface area contributed by atoms with Gasteiger partial charge >= 0.3 is 0 Å². The minimum Gasteiger partial charge on any atom is -0.258 e. The van der Waals surface area contributed by atoms with Gasteiger partial charge in [0.2, 0.25) is 0 Å². The van der Waals surface area contributed by atoms with Crippen molar-refractivity contribution in [2.24, 2.45) is 0 Å². The number of hydrogen-bond acceptors (Lipinski definition) is 4. The number of nitro groups is 1. The summed E-state index contributed by atoms with van der Waals surface area (Å²) in [5.74, 6) is 0. The molecule has 19 heavy (non-hydrogen) atoms. The molecule has 0 amide bonds. The molecule has 100 valence electrons. The van der Waals surface area contributed by atoms with Gasteiger partial charge in [-0.05, 0) is 25.0 Å². The van der Waals surface area contributed by atoms with Gasteiger partial charge in [0, 0.05) is 6.07 Å². The van der Waals surface area contributed by atoms with Crippen LogP contribution in [0.2, 0.25) is 0 Å². The largest absolute Gasteiger partial charge is 0.294 e. The fraction of sp³-hybridized carbons (Fsp3) is 0.333. The first-order chi connectivity index (χ1) is 9.02. The lowest BCUT2D eigenvalue weighted by molar-refractivity contribution is -0.384. The Labute approximate surface area is 118 Å². The van der Waals surface area contributed by atoms with E-state index in [1.54, 1.807) is 18.3 Å². The average Bonchev–Trinajstić information content (AvgIpc) is 2.86. The van der Waals surface area contributed by atoms with Crippen molar-refractivity contribution in [3.05, 3.63) is 45.8 Å². The topological polar surface area (TPSA) is 73.8 Å². The zero-order valence-corrected chi connectivity index (χ0v) is 12.2. The number of aromatic nitrogens is 3. The SMILES string of the molecule is CCC(Br)c1cn(-c2cc(C)ccc2[N+](=O)[O-])nn1. The van der Waals surface area contributed by atoms with E-state index in [1.165, 1.54) is 10.7 Å². The first-order valence-corrected chi connectivity index (χ1v) is 6.76. The minimum absolute atomic E-state index is 0.0182. The highest BCUT2D eigenvalue weighted by molar-refractivity contribution is 9.09. The Morgan fingerprint density at radius 3 is 2.89 bits per heavy atom. The highest BCUT2D eigenvalue weighted by Crippen LogP contribution is 2.27. The molecule has 0 aliphatic carbocycles. The molecule has 1 atom stereocenters. The van der Waals surface area contributed by atoms with Crippen LogP contribution in [0.25, 0.3) is 5.69 Å². The van der Waals surface area contributed by atoms with Crippen LogP contribution in [-0.4, -0.2) is 19.9 Å². The summed E-state index contributed by atoms with van der Waals surface area (Å²) in [5.41, 5.74) is 2.14. The van der Waals surface area contributed by atoms with Crippen molar-refractivity contribution in [1.82, 2.24) is 15.0 Å². The van der Waals surface area contributed by atoms with E-state index >= 15 is 0 Å². The molecule has 0 aliphatic rings. The van der Waals surface area contributed by atoms with Crippen molar-refractivity contribution < 1.29 is 4.92 Å². The predicted molar refractivity (Wildman–Crippen MR) is 74.7 cm³/mol. The molecule has 0 spiro atoms. The summed E-state index contributed by atoms with van der Waals surface area (Å²) >= 11 is 3.48. The van der Waals surface area contributed by atoms with E-state index in [4.69, 9.17) is 0 Å². The van der Waals surface area contributed by atoms with E-state index in [9.17, 15) is 10.1 Å². The van der Waals surface area contributed by atoms with Crippen molar-refractivity contribution in [1.29, 1.82) is 0 Å². The lowest BCUT2D eigenvalue weighted by atomic mass is 10.2. The van der Waals surface area contributed by atoms with Gasteiger partial charge < -0.3 is 0 Å². The predicted octanol–water partition coefficient (Wildman–Crippen LogP) is 3.33. The highest BCUT2D eigenvalue weighted by Gasteiger charge is 2.18. The molecule has 0 fully saturated rings. The van der Waals surface area contributed by atoms with Crippen molar-refractivity contribution in [2.75, 3.05) is 0 Å². The smallest absolute Gasteiger partial charge is 0.258 e. The summed E-state index contributed by atoms with van der Waals surface area (Å²) in [6.45, 7) is 3.90. The minimum atomic E-state index is -0.415. The van der Waals surface area contributed by atoms with Crippen LogP contribution in [0, 0.1) is 17.0 Å². The maximum atomic E-state index is 11.0. The van der Waals surface area contributed by atoms with Gasteiger partial charge in [0.05, 0.1) is 21.6 Å². The zero-order valence-electron chi connectivity index (χ0n) is 10.6. The van der Waals surface area contributed by atoms with Gasteiger partial charge in [0.15, 0.2) is 0 Å². The molecule has 0 N–H and O–H groups in total. The molecule has 2 aromatic rings. The van der Waals surface area contributed by atoms with Crippen molar-refractivity contribution in [2.45, 2.75) is 25.1 Å². The van der Waals surface area contributed by atoms with Crippen LogP contribution >= 0.6 is 15.9 Å². The molecule has 1 aromatic carbocycles. The molecule has 0 radical (unpaired) electrons. The third-order valence-electron chi connectivity index (χ3n) is 2.76. The monoisotopic (exact) mass is 324 g/mol.